The Morgan fingerprint density at radius 2 is 2.06 bits per heavy atom. The van der Waals surface area contributed by atoms with Crippen molar-refractivity contribution < 1.29 is 0 Å². The van der Waals surface area contributed by atoms with E-state index in [0.717, 1.165) is 21.5 Å². The second kappa shape index (κ2) is 4.85. The molecule has 0 amide bonds. The summed E-state index contributed by atoms with van der Waals surface area (Å²) < 4.78 is 1.07. The summed E-state index contributed by atoms with van der Waals surface area (Å²) in [6.07, 6.45) is 1.62. The van der Waals surface area contributed by atoms with Gasteiger partial charge < -0.3 is 5.32 Å². The largest absolute Gasteiger partial charge is 0.340 e. The van der Waals surface area contributed by atoms with Crippen LogP contribution in [0.15, 0.2) is 41.0 Å². The van der Waals surface area contributed by atoms with E-state index in [2.05, 4.69) is 32.3 Å². The zero-order valence-corrected chi connectivity index (χ0v) is 11.0. The zero-order chi connectivity index (χ0) is 11.5. The number of aromatic nitrogens is 1. The maximum Gasteiger partial charge on any atom is 0.130 e. The fourth-order valence-electron chi connectivity index (χ4n) is 1.36. The Kier molecular flexibility index (Phi) is 3.46. The van der Waals surface area contributed by atoms with Gasteiger partial charge in [-0.3, -0.25) is 0 Å². The smallest absolute Gasteiger partial charge is 0.130 e. The Hall–Kier alpha value is -1.06. The number of pyridine rings is 1. The van der Waals surface area contributed by atoms with E-state index in [0.29, 0.717) is 5.02 Å². The van der Waals surface area contributed by atoms with Crippen molar-refractivity contribution in [2.75, 3.05) is 5.32 Å². The third-order valence-electron chi connectivity index (χ3n) is 2.18. The van der Waals surface area contributed by atoms with Gasteiger partial charge in [-0.2, -0.15) is 0 Å². The number of halogens is 2. The molecular formula is C12H10BrClN2. The lowest BCUT2D eigenvalue weighted by molar-refractivity contribution is 1.29. The lowest BCUT2D eigenvalue weighted by atomic mass is 10.2. The van der Waals surface area contributed by atoms with Gasteiger partial charge in [-0.1, -0.05) is 27.5 Å². The van der Waals surface area contributed by atoms with Crippen molar-refractivity contribution >= 4 is 39.0 Å². The molecule has 82 valence electrons. The number of nitrogens with zero attached hydrogens (tertiary/aromatic N) is 1. The Balaban J connectivity index is 2.23. The summed E-state index contributed by atoms with van der Waals surface area (Å²) in [5, 5.41) is 3.87. The number of rotatable bonds is 2. The third kappa shape index (κ3) is 2.74. The van der Waals surface area contributed by atoms with E-state index in [1.165, 1.54) is 0 Å². The normalized spacial score (nSPS) is 10.2. The Morgan fingerprint density at radius 1 is 1.25 bits per heavy atom. The molecule has 0 aliphatic heterocycles. The average molecular weight is 298 g/mol. The first-order valence-corrected chi connectivity index (χ1v) is 5.97. The van der Waals surface area contributed by atoms with Gasteiger partial charge >= 0.3 is 0 Å². The van der Waals surface area contributed by atoms with E-state index in [-0.39, 0.29) is 0 Å². The van der Waals surface area contributed by atoms with Gasteiger partial charge in [-0.15, -0.1) is 0 Å². The molecule has 0 unspecified atom stereocenters. The van der Waals surface area contributed by atoms with Crippen LogP contribution < -0.4 is 5.32 Å². The van der Waals surface area contributed by atoms with E-state index < -0.39 is 0 Å². The van der Waals surface area contributed by atoms with Gasteiger partial charge in [-0.25, -0.2) is 4.98 Å². The molecule has 0 saturated carbocycles. The third-order valence-corrected chi connectivity index (χ3v) is 2.90. The van der Waals surface area contributed by atoms with Gasteiger partial charge in [0.1, 0.15) is 5.82 Å². The predicted octanol–water partition coefficient (Wildman–Crippen LogP) is 4.55. The number of hydrogen-bond acceptors (Lipinski definition) is 2. The summed E-state index contributed by atoms with van der Waals surface area (Å²) in [6, 6.07) is 9.72. The van der Waals surface area contributed by atoms with Gasteiger partial charge in [-0.05, 0) is 42.8 Å². The van der Waals surface area contributed by atoms with Crippen LogP contribution in [0.5, 0.6) is 0 Å². The molecule has 0 aliphatic rings. The molecule has 0 bridgehead atoms. The average Bonchev–Trinajstić information content (AvgIpc) is 2.25. The van der Waals surface area contributed by atoms with Crippen LogP contribution in [-0.2, 0) is 0 Å². The van der Waals surface area contributed by atoms with Gasteiger partial charge in [0.2, 0.25) is 0 Å². The number of benzene rings is 1. The second-order valence-electron chi connectivity index (χ2n) is 3.45. The minimum absolute atomic E-state index is 0.637. The van der Waals surface area contributed by atoms with Crippen molar-refractivity contribution in [1.82, 2.24) is 4.98 Å². The summed E-state index contributed by atoms with van der Waals surface area (Å²) >= 11 is 9.20. The minimum atomic E-state index is 0.637. The monoisotopic (exact) mass is 296 g/mol. The summed E-state index contributed by atoms with van der Waals surface area (Å²) in [5.41, 5.74) is 2.20. The minimum Gasteiger partial charge on any atom is -0.340 e. The molecule has 0 fully saturated rings. The highest BCUT2D eigenvalue weighted by Gasteiger charge is 2.00. The molecular weight excluding hydrogens is 288 g/mol. The molecule has 0 spiro atoms. The molecule has 0 aliphatic carbocycles. The summed E-state index contributed by atoms with van der Waals surface area (Å²) in [6.45, 7) is 2.04. The standard InChI is InChI=1S/C12H10BrClN2/c1-8-6-9(13)2-4-11(8)16-12-5-3-10(14)7-15-12/h2-7H,1H3,(H,15,16). The van der Waals surface area contributed by atoms with Crippen molar-refractivity contribution in [2.24, 2.45) is 0 Å². The molecule has 1 aromatic carbocycles. The van der Waals surface area contributed by atoms with Gasteiger partial charge in [0, 0.05) is 16.4 Å². The van der Waals surface area contributed by atoms with Crippen molar-refractivity contribution in [3.63, 3.8) is 0 Å². The Bertz CT molecular complexity index is 497. The van der Waals surface area contributed by atoms with E-state index >= 15 is 0 Å². The fraction of sp³-hybridized carbons (Fsp3) is 0.0833. The van der Waals surface area contributed by atoms with E-state index in [1.54, 1.807) is 6.20 Å². The van der Waals surface area contributed by atoms with Gasteiger partial charge in [0.25, 0.3) is 0 Å². The first-order chi connectivity index (χ1) is 7.65. The number of aryl methyl sites for hydroxylation is 1. The van der Waals surface area contributed by atoms with Crippen molar-refractivity contribution in [3.05, 3.63) is 51.6 Å². The van der Waals surface area contributed by atoms with Crippen LogP contribution in [0, 0.1) is 6.92 Å². The molecule has 2 aromatic rings. The van der Waals surface area contributed by atoms with E-state index in [4.69, 9.17) is 11.6 Å². The highest BCUT2D eigenvalue weighted by atomic mass is 79.9. The quantitative estimate of drug-likeness (QED) is 0.879. The summed E-state index contributed by atoms with van der Waals surface area (Å²) in [4.78, 5) is 4.18. The van der Waals surface area contributed by atoms with Gasteiger partial charge in [0.15, 0.2) is 0 Å². The molecule has 1 aromatic heterocycles. The number of anilines is 2. The SMILES string of the molecule is Cc1cc(Br)ccc1Nc1ccc(Cl)cn1. The van der Waals surface area contributed by atoms with Crippen molar-refractivity contribution in [2.45, 2.75) is 6.92 Å². The van der Waals surface area contributed by atoms with Crippen molar-refractivity contribution in [1.29, 1.82) is 0 Å². The molecule has 1 heterocycles. The lowest BCUT2D eigenvalue weighted by Gasteiger charge is -2.08. The van der Waals surface area contributed by atoms with Crippen LogP contribution in [0.3, 0.4) is 0 Å². The van der Waals surface area contributed by atoms with Crippen molar-refractivity contribution in [3.8, 4) is 0 Å². The highest BCUT2D eigenvalue weighted by molar-refractivity contribution is 9.10. The van der Waals surface area contributed by atoms with E-state index in [1.807, 2.05) is 31.2 Å². The molecule has 0 saturated heterocycles. The maximum atomic E-state index is 5.77. The number of nitrogens with one attached hydrogen (secondary N) is 1. The lowest BCUT2D eigenvalue weighted by Crippen LogP contribution is -1.94. The number of hydrogen-bond donors (Lipinski definition) is 1. The second-order valence-corrected chi connectivity index (χ2v) is 4.80. The molecule has 1 N–H and O–H groups in total. The van der Waals surface area contributed by atoms with Crippen LogP contribution in [0.25, 0.3) is 0 Å². The Morgan fingerprint density at radius 3 is 2.69 bits per heavy atom. The molecule has 4 heteroatoms. The topological polar surface area (TPSA) is 24.9 Å². The summed E-state index contributed by atoms with van der Waals surface area (Å²) in [7, 11) is 0. The Labute approximate surface area is 108 Å². The molecule has 2 nitrogen and oxygen atoms in total. The van der Waals surface area contributed by atoms with Crippen LogP contribution in [0.1, 0.15) is 5.56 Å². The molecule has 0 atom stereocenters. The molecule has 16 heavy (non-hydrogen) atoms. The first-order valence-electron chi connectivity index (χ1n) is 4.80. The predicted molar refractivity (Wildman–Crippen MR) is 71.4 cm³/mol. The van der Waals surface area contributed by atoms with Crippen LogP contribution in [-0.4, -0.2) is 4.98 Å². The van der Waals surface area contributed by atoms with Gasteiger partial charge in [0.05, 0.1) is 5.02 Å². The van der Waals surface area contributed by atoms with Crippen LogP contribution >= 0.6 is 27.5 Å². The fourth-order valence-corrected chi connectivity index (χ4v) is 1.94. The van der Waals surface area contributed by atoms with E-state index in [9.17, 15) is 0 Å². The molecule has 0 radical (unpaired) electrons. The summed E-state index contributed by atoms with van der Waals surface area (Å²) in [5.74, 6) is 0.787. The molecule has 2 rings (SSSR count). The van der Waals surface area contributed by atoms with Crippen LogP contribution in [0.2, 0.25) is 5.02 Å². The highest BCUT2D eigenvalue weighted by Crippen LogP contribution is 2.23. The zero-order valence-electron chi connectivity index (χ0n) is 8.67. The first kappa shape index (κ1) is 11.4. The maximum absolute atomic E-state index is 5.77. The van der Waals surface area contributed by atoms with Crippen LogP contribution in [0.4, 0.5) is 11.5 Å².